The van der Waals surface area contributed by atoms with E-state index >= 15 is 0 Å². The third kappa shape index (κ3) is 3.88. The first-order valence-corrected chi connectivity index (χ1v) is 9.82. The Bertz CT molecular complexity index is 1350. The predicted molar refractivity (Wildman–Crippen MR) is 124 cm³/mol. The maximum absolute atomic E-state index is 4.87. The molecule has 0 amide bonds. The second kappa shape index (κ2) is 7.86. The molecule has 1 aromatic rings. The van der Waals surface area contributed by atoms with Crippen molar-refractivity contribution in [3.05, 3.63) is 126 Å². The standard InChI is InChI=1S/C26H16N4.Ni/c1-2-4-17(5-3-1)25-15-24-14-22-9-8-20(28-22)12-18-6-7-19(27-18)13-21-10-11-23(29-21)16-26(25)30-24;/h1-16H;. The molecule has 5 aliphatic rings. The Morgan fingerprint density at radius 1 is 0.452 bits per heavy atom. The van der Waals surface area contributed by atoms with E-state index in [9.17, 15) is 0 Å². The minimum absolute atomic E-state index is 0. The molecule has 1 aromatic carbocycles. The Morgan fingerprint density at radius 2 is 0.968 bits per heavy atom. The minimum Gasteiger partial charge on any atom is -0.249 e. The van der Waals surface area contributed by atoms with Crippen LogP contribution < -0.4 is 0 Å². The van der Waals surface area contributed by atoms with Gasteiger partial charge in [0.05, 0.1) is 45.6 Å². The van der Waals surface area contributed by atoms with Gasteiger partial charge in [0.2, 0.25) is 0 Å². The molecule has 0 spiro atoms. The van der Waals surface area contributed by atoms with Crippen molar-refractivity contribution in [1.29, 1.82) is 0 Å². The Morgan fingerprint density at radius 3 is 1.55 bits per heavy atom. The Labute approximate surface area is 190 Å². The van der Waals surface area contributed by atoms with Crippen molar-refractivity contribution in [3.63, 3.8) is 0 Å². The van der Waals surface area contributed by atoms with Gasteiger partial charge in [0.15, 0.2) is 0 Å². The largest absolute Gasteiger partial charge is 0.249 e. The van der Waals surface area contributed by atoms with E-state index in [2.05, 4.69) is 23.2 Å². The summed E-state index contributed by atoms with van der Waals surface area (Å²) in [6.45, 7) is 0. The van der Waals surface area contributed by atoms with Crippen molar-refractivity contribution in [3.8, 4) is 0 Å². The van der Waals surface area contributed by atoms with Gasteiger partial charge in [0, 0.05) is 22.1 Å². The maximum atomic E-state index is 4.87. The molecule has 5 aliphatic heterocycles. The average molecular weight is 443 g/mol. The summed E-state index contributed by atoms with van der Waals surface area (Å²) in [4.78, 5) is 18.9. The minimum atomic E-state index is 0. The van der Waals surface area contributed by atoms with Crippen LogP contribution in [0, 0.1) is 0 Å². The van der Waals surface area contributed by atoms with Crippen molar-refractivity contribution in [2.24, 2.45) is 20.0 Å². The summed E-state index contributed by atoms with van der Waals surface area (Å²) in [7, 11) is 0. The van der Waals surface area contributed by atoms with Crippen molar-refractivity contribution >= 4 is 28.4 Å². The van der Waals surface area contributed by atoms with Crippen LogP contribution in [0.1, 0.15) is 5.56 Å². The summed E-state index contributed by atoms with van der Waals surface area (Å²) < 4.78 is 0. The second-order valence-corrected chi connectivity index (χ2v) is 7.31. The van der Waals surface area contributed by atoms with Gasteiger partial charge < -0.3 is 0 Å². The smallest absolute Gasteiger partial charge is 0.0737 e. The number of rotatable bonds is 1. The first-order chi connectivity index (χ1) is 14.8. The third-order valence-electron chi connectivity index (χ3n) is 5.12. The summed E-state index contributed by atoms with van der Waals surface area (Å²) in [5, 5.41) is 0. The van der Waals surface area contributed by atoms with Gasteiger partial charge in [-0.15, -0.1) is 0 Å². The first-order valence-electron chi connectivity index (χ1n) is 9.82. The van der Waals surface area contributed by atoms with Gasteiger partial charge in [-0.1, -0.05) is 30.3 Å². The van der Waals surface area contributed by atoms with Crippen molar-refractivity contribution in [1.82, 2.24) is 0 Å². The van der Waals surface area contributed by atoms with Gasteiger partial charge in [-0.25, -0.2) is 20.0 Å². The molecule has 5 heteroatoms. The zero-order chi connectivity index (χ0) is 19.9. The predicted octanol–water partition coefficient (Wildman–Crippen LogP) is 5.10. The number of hydrogen-bond donors (Lipinski definition) is 0. The Kier molecular flexibility index (Phi) is 4.89. The Hall–Kier alpha value is -3.69. The van der Waals surface area contributed by atoms with Crippen LogP contribution in [-0.2, 0) is 16.5 Å². The molecule has 5 heterocycles. The van der Waals surface area contributed by atoms with Crippen LogP contribution in [0.3, 0.4) is 0 Å². The maximum Gasteiger partial charge on any atom is 0.0737 e. The third-order valence-corrected chi connectivity index (χ3v) is 5.12. The summed E-state index contributed by atoms with van der Waals surface area (Å²) in [5.74, 6) is 0. The van der Waals surface area contributed by atoms with Crippen LogP contribution >= 0.6 is 0 Å². The molecule has 0 fully saturated rings. The molecule has 8 bridgehead atoms. The van der Waals surface area contributed by atoms with Gasteiger partial charge in [0.25, 0.3) is 0 Å². The van der Waals surface area contributed by atoms with E-state index in [1.165, 1.54) is 0 Å². The second-order valence-electron chi connectivity index (χ2n) is 7.31. The molecule has 0 radical (unpaired) electrons. The Balaban J connectivity index is 0.00000204. The molecular formula is C26H16N4Ni. The number of aliphatic imine (C=N–C) groups is 4. The first kappa shape index (κ1) is 19.3. The number of nitrogens with zero attached hydrogens (tertiary/aromatic N) is 4. The SMILES string of the molecule is C1=CC2=NC1=CC1=NC(=CC3=NC(=CC4=NC(=C2)C=C4)C(c2ccccc2)=C3)C=C1.[Ni]. The van der Waals surface area contributed by atoms with Crippen molar-refractivity contribution < 1.29 is 16.5 Å². The number of allylic oxidation sites excluding steroid dienone is 12. The summed E-state index contributed by atoms with van der Waals surface area (Å²) >= 11 is 0. The number of benzene rings is 1. The van der Waals surface area contributed by atoms with E-state index in [4.69, 9.17) is 15.0 Å². The number of hydrogen-bond acceptors (Lipinski definition) is 4. The molecule has 0 saturated carbocycles. The average Bonchev–Trinajstić information content (AvgIpc) is 3.53. The summed E-state index contributed by atoms with van der Waals surface area (Å²) in [5.41, 5.74) is 9.28. The fourth-order valence-electron chi connectivity index (χ4n) is 3.75. The molecule has 31 heavy (non-hydrogen) atoms. The van der Waals surface area contributed by atoms with Gasteiger partial charge in [-0.2, -0.15) is 0 Å². The zero-order valence-corrected chi connectivity index (χ0v) is 17.3. The molecule has 0 aromatic heterocycles. The van der Waals surface area contributed by atoms with E-state index in [1.54, 1.807) is 0 Å². The van der Waals surface area contributed by atoms with Gasteiger partial charge >= 0.3 is 0 Å². The normalized spacial score (nSPS) is 20.1. The van der Waals surface area contributed by atoms with E-state index in [1.807, 2.05) is 79.0 Å². The van der Waals surface area contributed by atoms with Crippen LogP contribution in [0.4, 0.5) is 0 Å². The molecule has 4 nitrogen and oxygen atoms in total. The van der Waals surface area contributed by atoms with Gasteiger partial charge in [-0.3, -0.25) is 0 Å². The van der Waals surface area contributed by atoms with E-state index < -0.39 is 0 Å². The molecule has 150 valence electrons. The van der Waals surface area contributed by atoms with Crippen LogP contribution in [0.2, 0.25) is 0 Å². The topological polar surface area (TPSA) is 49.4 Å². The molecule has 0 atom stereocenters. The van der Waals surface area contributed by atoms with Crippen LogP contribution in [0.25, 0.3) is 5.57 Å². The zero-order valence-electron chi connectivity index (χ0n) is 16.3. The van der Waals surface area contributed by atoms with Crippen LogP contribution in [-0.4, -0.2) is 22.8 Å². The molecule has 6 rings (SSSR count). The number of fused-ring (bicyclic) bond motifs is 4. The van der Waals surface area contributed by atoms with Crippen LogP contribution in [0.15, 0.2) is 140 Å². The quantitative estimate of drug-likeness (QED) is 0.543. The van der Waals surface area contributed by atoms with E-state index in [0.29, 0.717) is 0 Å². The van der Waals surface area contributed by atoms with E-state index in [-0.39, 0.29) is 16.5 Å². The van der Waals surface area contributed by atoms with E-state index in [0.717, 1.165) is 56.8 Å². The molecule has 0 unspecified atom stereocenters. The van der Waals surface area contributed by atoms with Crippen LogP contribution in [0.5, 0.6) is 0 Å². The molecule has 0 aliphatic carbocycles. The van der Waals surface area contributed by atoms with Gasteiger partial charge in [0.1, 0.15) is 0 Å². The molecular weight excluding hydrogens is 427 g/mol. The fraction of sp³-hybridized carbons (Fsp3) is 0. The summed E-state index contributed by atoms with van der Waals surface area (Å²) in [6.07, 6.45) is 22.1. The molecule has 0 saturated heterocycles. The van der Waals surface area contributed by atoms with Gasteiger partial charge in [-0.05, 0) is 72.4 Å². The monoisotopic (exact) mass is 442 g/mol. The summed E-state index contributed by atoms with van der Waals surface area (Å²) in [6, 6.07) is 10.3. The van der Waals surface area contributed by atoms with Crippen molar-refractivity contribution in [2.45, 2.75) is 0 Å². The molecule has 0 N–H and O–H groups in total. The fourth-order valence-corrected chi connectivity index (χ4v) is 3.75. The van der Waals surface area contributed by atoms with Crippen molar-refractivity contribution in [2.75, 3.05) is 0 Å².